The molecule has 1 fully saturated rings. The van der Waals surface area contributed by atoms with Gasteiger partial charge in [0.1, 0.15) is 4.88 Å². The maximum absolute atomic E-state index is 12.1. The van der Waals surface area contributed by atoms with Crippen molar-refractivity contribution in [3.8, 4) is 0 Å². The zero-order valence-electron chi connectivity index (χ0n) is 10.9. The summed E-state index contributed by atoms with van der Waals surface area (Å²) in [7, 11) is 0. The largest absolute Gasteiger partial charge is 0.477 e. The summed E-state index contributed by atoms with van der Waals surface area (Å²) in [5.74, 6) is -0.773. The Kier molecular flexibility index (Phi) is 4.55. The molecule has 0 aromatic carbocycles. The molecule has 1 amide bonds. The Bertz CT molecular complexity index is 466. The number of amides is 1. The highest BCUT2D eigenvalue weighted by Crippen LogP contribution is 2.16. The number of aromatic carboxylic acids is 1. The van der Waals surface area contributed by atoms with Crippen molar-refractivity contribution in [2.45, 2.75) is 32.4 Å². The van der Waals surface area contributed by atoms with Gasteiger partial charge >= 0.3 is 5.97 Å². The minimum Gasteiger partial charge on any atom is -0.477 e. The first-order valence-corrected chi connectivity index (χ1v) is 7.24. The summed E-state index contributed by atoms with van der Waals surface area (Å²) in [5, 5.41) is 12.0. The van der Waals surface area contributed by atoms with E-state index in [0.29, 0.717) is 11.4 Å². The van der Waals surface area contributed by atoms with Gasteiger partial charge in [-0.2, -0.15) is 0 Å². The molecule has 104 valence electrons. The lowest BCUT2D eigenvalue weighted by Crippen LogP contribution is -2.43. The van der Waals surface area contributed by atoms with Crippen molar-refractivity contribution < 1.29 is 14.7 Å². The lowest BCUT2D eigenvalue weighted by atomic mass is 10.3. The van der Waals surface area contributed by atoms with Gasteiger partial charge in [-0.25, -0.2) is 4.79 Å². The van der Waals surface area contributed by atoms with Crippen LogP contribution in [-0.4, -0.2) is 41.0 Å². The Morgan fingerprint density at radius 2 is 2.11 bits per heavy atom. The van der Waals surface area contributed by atoms with Crippen molar-refractivity contribution in [2.75, 3.05) is 13.1 Å². The van der Waals surface area contributed by atoms with Crippen LogP contribution in [0.1, 0.15) is 34.3 Å². The first-order valence-electron chi connectivity index (χ1n) is 6.42. The van der Waals surface area contributed by atoms with Gasteiger partial charge in [0.05, 0.1) is 6.04 Å². The lowest BCUT2D eigenvalue weighted by Gasteiger charge is -2.20. The fourth-order valence-electron chi connectivity index (χ4n) is 2.14. The number of carboxylic acid groups (broad SMARTS) is 1. The lowest BCUT2D eigenvalue weighted by molar-refractivity contribution is -0.131. The van der Waals surface area contributed by atoms with Gasteiger partial charge in [0.25, 0.3) is 0 Å². The van der Waals surface area contributed by atoms with Crippen LogP contribution in [0.15, 0.2) is 12.1 Å². The smallest absolute Gasteiger partial charge is 0.345 e. The average molecular weight is 282 g/mol. The summed E-state index contributed by atoms with van der Waals surface area (Å²) >= 11 is 1.24. The molecule has 0 spiro atoms. The Morgan fingerprint density at radius 1 is 1.42 bits per heavy atom. The first kappa shape index (κ1) is 14.0. The van der Waals surface area contributed by atoms with Crippen molar-refractivity contribution >= 4 is 23.2 Å². The molecular weight excluding hydrogens is 264 g/mol. The predicted octanol–water partition coefficient (Wildman–Crippen LogP) is 1.55. The third kappa shape index (κ3) is 3.54. The van der Waals surface area contributed by atoms with Crippen LogP contribution < -0.4 is 5.32 Å². The van der Waals surface area contributed by atoms with Gasteiger partial charge in [-0.05, 0) is 31.9 Å². The number of likely N-dealkylation sites (tertiary alicyclic amines) is 1. The van der Waals surface area contributed by atoms with E-state index in [1.54, 1.807) is 12.1 Å². The second kappa shape index (κ2) is 6.16. The van der Waals surface area contributed by atoms with Crippen molar-refractivity contribution in [2.24, 2.45) is 0 Å². The molecule has 1 atom stereocenters. The van der Waals surface area contributed by atoms with Crippen LogP contribution in [0.2, 0.25) is 0 Å². The van der Waals surface area contributed by atoms with E-state index in [1.165, 1.54) is 11.3 Å². The molecule has 0 aliphatic carbocycles. The zero-order chi connectivity index (χ0) is 13.8. The van der Waals surface area contributed by atoms with Crippen LogP contribution in [0.25, 0.3) is 0 Å². The zero-order valence-corrected chi connectivity index (χ0v) is 11.7. The van der Waals surface area contributed by atoms with Crippen molar-refractivity contribution in [3.63, 3.8) is 0 Å². The summed E-state index contributed by atoms with van der Waals surface area (Å²) in [4.78, 5) is 26.0. The molecule has 0 radical (unpaired) electrons. The molecule has 5 nitrogen and oxygen atoms in total. The van der Waals surface area contributed by atoms with Crippen LogP contribution in [0.4, 0.5) is 0 Å². The summed E-state index contributed by atoms with van der Waals surface area (Å²) in [5.41, 5.74) is 0. The number of hydrogen-bond acceptors (Lipinski definition) is 4. The number of nitrogens with zero attached hydrogens (tertiary/aromatic N) is 1. The second-order valence-electron chi connectivity index (χ2n) is 4.71. The quantitative estimate of drug-likeness (QED) is 0.859. The minimum absolute atomic E-state index is 0.132. The van der Waals surface area contributed by atoms with Gasteiger partial charge in [-0.1, -0.05) is 0 Å². The van der Waals surface area contributed by atoms with E-state index in [1.807, 2.05) is 11.8 Å². The minimum atomic E-state index is -0.905. The normalized spacial score (nSPS) is 16.6. The van der Waals surface area contributed by atoms with Gasteiger partial charge < -0.3 is 15.3 Å². The van der Waals surface area contributed by atoms with Gasteiger partial charge in [0.2, 0.25) is 5.91 Å². The van der Waals surface area contributed by atoms with E-state index in [2.05, 4.69) is 5.32 Å². The number of hydrogen-bond donors (Lipinski definition) is 2. The average Bonchev–Trinajstić information content (AvgIpc) is 3.05. The highest BCUT2D eigenvalue weighted by Gasteiger charge is 2.22. The van der Waals surface area contributed by atoms with Crippen molar-refractivity contribution in [1.82, 2.24) is 10.2 Å². The molecule has 1 aliphatic heterocycles. The highest BCUT2D eigenvalue weighted by atomic mass is 32.1. The fraction of sp³-hybridized carbons (Fsp3) is 0.538. The fourth-order valence-corrected chi connectivity index (χ4v) is 2.94. The van der Waals surface area contributed by atoms with Crippen LogP contribution in [-0.2, 0) is 11.3 Å². The van der Waals surface area contributed by atoms with E-state index in [-0.39, 0.29) is 11.9 Å². The molecule has 2 rings (SSSR count). The predicted molar refractivity (Wildman–Crippen MR) is 73.4 cm³/mol. The van der Waals surface area contributed by atoms with Crippen LogP contribution in [0.3, 0.4) is 0 Å². The molecule has 1 aliphatic rings. The summed E-state index contributed by atoms with van der Waals surface area (Å²) < 4.78 is 0. The van der Waals surface area contributed by atoms with Crippen LogP contribution in [0, 0.1) is 0 Å². The van der Waals surface area contributed by atoms with E-state index in [4.69, 9.17) is 5.11 Å². The number of thiophene rings is 1. The molecule has 1 aromatic heterocycles. The SMILES string of the molecule is CC(NCc1ccc(C(=O)O)s1)C(=O)N1CCCC1. The molecule has 0 bridgehead atoms. The summed E-state index contributed by atoms with van der Waals surface area (Å²) in [6.45, 7) is 4.09. The number of carbonyl (C=O) groups is 2. The standard InChI is InChI=1S/C13H18N2O3S/c1-9(12(16)15-6-2-3-7-15)14-8-10-4-5-11(19-10)13(17)18/h4-5,9,14H,2-3,6-8H2,1H3,(H,17,18). The van der Waals surface area contributed by atoms with E-state index >= 15 is 0 Å². The van der Waals surface area contributed by atoms with Gasteiger partial charge in [0, 0.05) is 24.5 Å². The van der Waals surface area contributed by atoms with Gasteiger partial charge in [-0.15, -0.1) is 11.3 Å². The highest BCUT2D eigenvalue weighted by molar-refractivity contribution is 7.13. The second-order valence-corrected chi connectivity index (χ2v) is 5.87. The third-order valence-electron chi connectivity index (χ3n) is 3.24. The summed E-state index contributed by atoms with van der Waals surface area (Å²) in [6.07, 6.45) is 2.18. The van der Waals surface area contributed by atoms with Crippen molar-refractivity contribution in [1.29, 1.82) is 0 Å². The molecule has 1 aromatic rings. The monoisotopic (exact) mass is 282 g/mol. The van der Waals surface area contributed by atoms with Gasteiger partial charge in [-0.3, -0.25) is 4.79 Å². The van der Waals surface area contributed by atoms with Crippen LogP contribution >= 0.6 is 11.3 Å². The maximum Gasteiger partial charge on any atom is 0.345 e. The van der Waals surface area contributed by atoms with E-state index in [9.17, 15) is 9.59 Å². The molecule has 6 heteroatoms. The number of nitrogens with one attached hydrogen (secondary N) is 1. The molecule has 2 N–H and O–H groups in total. The molecule has 19 heavy (non-hydrogen) atoms. The molecule has 2 heterocycles. The van der Waals surface area contributed by atoms with Crippen molar-refractivity contribution in [3.05, 3.63) is 21.9 Å². The number of carbonyl (C=O) groups excluding carboxylic acids is 1. The molecule has 1 saturated heterocycles. The molecule has 1 unspecified atom stereocenters. The molecule has 0 saturated carbocycles. The third-order valence-corrected chi connectivity index (χ3v) is 4.32. The molecular formula is C13H18N2O3S. The Hall–Kier alpha value is -1.40. The Balaban J connectivity index is 1.83. The van der Waals surface area contributed by atoms with E-state index in [0.717, 1.165) is 30.8 Å². The van der Waals surface area contributed by atoms with E-state index < -0.39 is 5.97 Å². The Labute approximate surface area is 116 Å². The van der Waals surface area contributed by atoms with Gasteiger partial charge in [0.15, 0.2) is 0 Å². The number of rotatable bonds is 5. The topological polar surface area (TPSA) is 69.6 Å². The summed E-state index contributed by atoms with van der Waals surface area (Å²) in [6, 6.07) is 3.15. The number of carboxylic acids is 1. The maximum atomic E-state index is 12.1. The Morgan fingerprint density at radius 3 is 2.68 bits per heavy atom. The first-order chi connectivity index (χ1) is 9.08. The van der Waals surface area contributed by atoms with Crippen LogP contribution in [0.5, 0.6) is 0 Å².